The van der Waals surface area contributed by atoms with Gasteiger partial charge in [0.1, 0.15) is 11.6 Å². The highest BCUT2D eigenvalue weighted by molar-refractivity contribution is 5.85. The minimum atomic E-state index is 0. The first kappa shape index (κ1) is 22.0. The van der Waals surface area contributed by atoms with E-state index in [1.807, 2.05) is 4.90 Å². The Bertz CT molecular complexity index is 695. The number of hydrogen-bond acceptors (Lipinski definition) is 5. The van der Waals surface area contributed by atoms with Crippen LogP contribution in [0.2, 0.25) is 0 Å². The van der Waals surface area contributed by atoms with Gasteiger partial charge >= 0.3 is 0 Å². The summed E-state index contributed by atoms with van der Waals surface area (Å²) in [6.07, 6.45) is 8.45. The maximum atomic E-state index is 12.5. The van der Waals surface area contributed by atoms with Crippen molar-refractivity contribution in [3.8, 4) is 0 Å². The van der Waals surface area contributed by atoms with Crippen molar-refractivity contribution in [2.75, 3.05) is 26.2 Å². The molecule has 0 atom stereocenters. The first-order valence-electron chi connectivity index (χ1n) is 10.9. The van der Waals surface area contributed by atoms with E-state index in [-0.39, 0.29) is 30.8 Å². The van der Waals surface area contributed by atoms with E-state index in [1.54, 1.807) is 0 Å². The monoisotopic (exact) mass is 424 g/mol. The van der Waals surface area contributed by atoms with Crippen LogP contribution in [0.4, 0.5) is 0 Å². The van der Waals surface area contributed by atoms with Crippen LogP contribution < -0.4 is 10.6 Å². The normalized spacial score (nSPS) is 20.2. The second kappa shape index (κ2) is 10.4. The first-order chi connectivity index (χ1) is 13.7. The predicted octanol–water partition coefficient (Wildman–Crippen LogP) is 1.60. The molecule has 0 unspecified atom stereocenters. The molecule has 9 heteroatoms. The lowest BCUT2D eigenvalue weighted by Crippen LogP contribution is -2.44. The fraction of sp³-hybridized carbons (Fsp3) is 0.800. The third-order valence-electron chi connectivity index (χ3n) is 6.56. The lowest BCUT2D eigenvalue weighted by molar-refractivity contribution is -0.133. The maximum absolute atomic E-state index is 12.5. The summed E-state index contributed by atoms with van der Waals surface area (Å²) < 4.78 is 2.24. The van der Waals surface area contributed by atoms with Crippen LogP contribution in [0.5, 0.6) is 0 Å². The summed E-state index contributed by atoms with van der Waals surface area (Å²) in [5.41, 5.74) is 0. The molecule has 8 nitrogen and oxygen atoms in total. The van der Waals surface area contributed by atoms with Crippen LogP contribution in [0.3, 0.4) is 0 Å². The topological polar surface area (TPSA) is 92.2 Å². The lowest BCUT2D eigenvalue weighted by atomic mass is 9.95. The number of carbonyl (C=O) groups is 2. The van der Waals surface area contributed by atoms with Gasteiger partial charge in [-0.15, -0.1) is 22.6 Å². The lowest BCUT2D eigenvalue weighted by Gasteiger charge is -2.32. The third kappa shape index (κ3) is 5.48. The number of hydrogen-bond donors (Lipinski definition) is 2. The van der Waals surface area contributed by atoms with Gasteiger partial charge in [0.05, 0.1) is 13.1 Å². The van der Waals surface area contributed by atoms with E-state index in [2.05, 4.69) is 25.4 Å². The SMILES string of the molecule is Cl.O=C(CCC1CCCC1)NCC(=O)N1CCC(c2nnc3n2CCNC3)CC1. The molecule has 2 aliphatic heterocycles. The quantitative estimate of drug-likeness (QED) is 0.723. The van der Waals surface area contributed by atoms with E-state index in [0.29, 0.717) is 18.3 Å². The van der Waals surface area contributed by atoms with Crippen LogP contribution in [0.25, 0.3) is 0 Å². The Hall–Kier alpha value is -1.67. The smallest absolute Gasteiger partial charge is 0.241 e. The molecule has 0 spiro atoms. The highest BCUT2D eigenvalue weighted by atomic mass is 35.5. The predicted molar refractivity (Wildman–Crippen MR) is 112 cm³/mol. The van der Waals surface area contributed by atoms with E-state index in [4.69, 9.17) is 0 Å². The minimum absolute atomic E-state index is 0. The maximum Gasteiger partial charge on any atom is 0.241 e. The second-order valence-corrected chi connectivity index (χ2v) is 8.42. The molecule has 0 radical (unpaired) electrons. The summed E-state index contributed by atoms with van der Waals surface area (Å²) in [5.74, 6) is 3.20. The van der Waals surface area contributed by atoms with Crippen LogP contribution in [0.1, 0.15) is 68.9 Å². The molecule has 2 amide bonds. The molecular formula is C20H33ClN6O2. The van der Waals surface area contributed by atoms with E-state index < -0.39 is 0 Å². The zero-order chi connectivity index (χ0) is 19.3. The van der Waals surface area contributed by atoms with Gasteiger partial charge < -0.3 is 20.1 Å². The minimum Gasteiger partial charge on any atom is -0.347 e. The number of aromatic nitrogens is 3. The molecule has 1 aliphatic carbocycles. The molecule has 4 rings (SSSR count). The number of piperidine rings is 1. The van der Waals surface area contributed by atoms with E-state index in [9.17, 15) is 9.59 Å². The Labute approximate surface area is 178 Å². The molecule has 162 valence electrons. The van der Waals surface area contributed by atoms with Gasteiger partial charge in [-0.1, -0.05) is 25.7 Å². The number of likely N-dealkylation sites (tertiary alicyclic amines) is 1. The molecule has 2 fully saturated rings. The molecular weight excluding hydrogens is 392 g/mol. The molecule has 0 aromatic carbocycles. The van der Waals surface area contributed by atoms with Crippen molar-refractivity contribution in [2.45, 2.75) is 70.4 Å². The van der Waals surface area contributed by atoms with Crippen LogP contribution >= 0.6 is 12.4 Å². The van der Waals surface area contributed by atoms with Crippen molar-refractivity contribution < 1.29 is 9.59 Å². The van der Waals surface area contributed by atoms with Gasteiger partial charge in [0.2, 0.25) is 11.8 Å². The van der Waals surface area contributed by atoms with Gasteiger partial charge in [-0.2, -0.15) is 0 Å². The third-order valence-corrected chi connectivity index (χ3v) is 6.56. The molecule has 29 heavy (non-hydrogen) atoms. The fourth-order valence-electron chi connectivity index (χ4n) is 4.81. The van der Waals surface area contributed by atoms with Crippen LogP contribution in [0.15, 0.2) is 0 Å². The van der Waals surface area contributed by atoms with Crippen LogP contribution in [-0.4, -0.2) is 57.7 Å². The number of fused-ring (bicyclic) bond motifs is 1. The summed E-state index contributed by atoms with van der Waals surface area (Å²) in [4.78, 5) is 26.4. The first-order valence-corrected chi connectivity index (χ1v) is 10.9. The summed E-state index contributed by atoms with van der Waals surface area (Å²) in [7, 11) is 0. The van der Waals surface area contributed by atoms with Gasteiger partial charge in [-0.3, -0.25) is 9.59 Å². The van der Waals surface area contributed by atoms with E-state index >= 15 is 0 Å². The molecule has 1 saturated carbocycles. The Morgan fingerprint density at radius 3 is 2.59 bits per heavy atom. The second-order valence-electron chi connectivity index (χ2n) is 8.42. The van der Waals surface area contributed by atoms with Crippen LogP contribution in [-0.2, 0) is 22.7 Å². The van der Waals surface area contributed by atoms with Gasteiger partial charge in [-0.05, 0) is 25.2 Å². The largest absolute Gasteiger partial charge is 0.347 e. The van der Waals surface area contributed by atoms with Gasteiger partial charge in [0.25, 0.3) is 0 Å². The highest BCUT2D eigenvalue weighted by Gasteiger charge is 2.28. The van der Waals surface area contributed by atoms with Crippen LogP contribution in [0, 0.1) is 5.92 Å². The van der Waals surface area contributed by atoms with Crippen molar-refractivity contribution in [3.63, 3.8) is 0 Å². The number of carbonyl (C=O) groups excluding carboxylic acids is 2. The molecule has 1 saturated heterocycles. The van der Waals surface area contributed by atoms with E-state index in [0.717, 1.165) is 63.6 Å². The summed E-state index contributed by atoms with van der Waals surface area (Å²) >= 11 is 0. The van der Waals surface area contributed by atoms with Crippen molar-refractivity contribution in [1.29, 1.82) is 0 Å². The molecule has 1 aromatic rings. The molecule has 0 bridgehead atoms. The zero-order valence-electron chi connectivity index (χ0n) is 17.1. The summed E-state index contributed by atoms with van der Waals surface area (Å²) in [6, 6.07) is 0. The average molecular weight is 425 g/mol. The molecule has 2 N–H and O–H groups in total. The number of amides is 2. The summed E-state index contributed by atoms with van der Waals surface area (Å²) in [5, 5.41) is 14.9. The standard InChI is InChI=1S/C20H32N6O2.ClH/c27-18(6-5-15-3-1-2-4-15)22-14-19(28)25-10-7-16(8-11-25)20-24-23-17-13-21-9-12-26(17)20;/h15-16,21H,1-14H2,(H,22,27);1H. The van der Waals surface area contributed by atoms with Crippen molar-refractivity contribution in [3.05, 3.63) is 11.6 Å². The summed E-state index contributed by atoms with van der Waals surface area (Å²) in [6.45, 7) is 4.23. The van der Waals surface area contributed by atoms with E-state index in [1.165, 1.54) is 25.7 Å². The zero-order valence-corrected chi connectivity index (χ0v) is 17.9. The van der Waals surface area contributed by atoms with Crippen molar-refractivity contribution >= 4 is 24.2 Å². The Balaban J connectivity index is 0.00000240. The molecule has 3 aliphatic rings. The molecule has 3 heterocycles. The Morgan fingerprint density at radius 2 is 1.83 bits per heavy atom. The average Bonchev–Trinajstić information content (AvgIpc) is 3.40. The van der Waals surface area contributed by atoms with Crippen molar-refractivity contribution in [1.82, 2.24) is 30.3 Å². The van der Waals surface area contributed by atoms with Gasteiger partial charge in [0.15, 0.2) is 0 Å². The van der Waals surface area contributed by atoms with Gasteiger partial charge in [-0.25, -0.2) is 0 Å². The number of halogens is 1. The van der Waals surface area contributed by atoms with Crippen molar-refractivity contribution in [2.24, 2.45) is 5.92 Å². The fourth-order valence-corrected chi connectivity index (χ4v) is 4.81. The highest BCUT2D eigenvalue weighted by Crippen LogP contribution is 2.29. The number of nitrogens with one attached hydrogen (secondary N) is 2. The van der Waals surface area contributed by atoms with Gasteiger partial charge in [0, 0.05) is 38.5 Å². The number of nitrogens with zero attached hydrogens (tertiary/aromatic N) is 4. The molecule has 1 aromatic heterocycles. The Morgan fingerprint density at radius 1 is 1.07 bits per heavy atom. The number of rotatable bonds is 6. The Kier molecular flexibility index (Phi) is 7.89.